The molecule has 1 aromatic heterocycles. The van der Waals surface area contributed by atoms with E-state index in [1.807, 2.05) is 0 Å². The summed E-state index contributed by atoms with van der Waals surface area (Å²) in [6.45, 7) is 0. The fourth-order valence-electron chi connectivity index (χ4n) is 3.16. The highest BCUT2D eigenvalue weighted by Crippen LogP contribution is 2.23. The minimum atomic E-state index is -0.341. The Morgan fingerprint density at radius 3 is 2.71 bits per heavy atom. The lowest BCUT2D eigenvalue weighted by molar-refractivity contribution is -0.121. The van der Waals surface area contributed by atoms with Gasteiger partial charge < -0.3 is 9.73 Å². The molecule has 0 radical (unpaired) electrons. The molecule has 1 amide bonds. The number of nitrogens with zero attached hydrogens (tertiary/aromatic N) is 1. The van der Waals surface area contributed by atoms with Crippen LogP contribution in [0.15, 0.2) is 34.9 Å². The summed E-state index contributed by atoms with van der Waals surface area (Å²) >= 11 is 0. The molecule has 1 N–H and O–H groups in total. The summed E-state index contributed by atoms with van der Waals surface area (Å²) in [5, 5.41) is 3.11. The van der Waals surface area contributed by atoms with Gasteiger partial charge in [-0.25, -0.2) is 9.37 Å². The molecule has 0 aliphatic heterocycles. The van der Waals surface area contributed by atoms with Crippen LogP contribution in [0.3, 0.4) is 0 Å². The van der Waals surface area contributed by atoms with E-state index < -0.39 is 0 Å². The van der Waals surface area contributed by atoms with E-state index in [4.69, 9.17) is 4.42 Å². The monoisotopic (exact) mass is 330 g/mol. The zero-order valence-corrected chi connectivity index (χ0v) is 13.8. The standard InChI is InChI=1S/C19H23FN2O2/c20-16-10-6-5-9-15(16)17-13-21-19(24-17)12-11-18(23)22-14-7-3-1-2-4-8-14/h5-6,9-10,13-14H,1-4,7-8,11-12H2,(H,22,23). The van der Waals surface area contributed by atoms with Crippen LogP contribution in [0.4, 0.5) is 4.39 Å². The Labute approximate surface area is 141 Å². The van der Waals surface area contributed by atoms with E-state index in [1.54, 1.807) is 18.2 Å². The van der Waals surface area contributed by atoms with E-state index in [9.17, 15) is 9.18 Å². The highest BCUT2D eigenvalue weighted by Gasteiger charge is 2.16. The number of oxazole rings is 1. The zero-order chi connectivity index (χ0) is 16.8. The molecule has 0 atom stereocenters. The predicted molar refractivity (Wildman–Crippen MR) is 89.9 cm³/mol. The minimum absolute atomic E-state index is 0.0348. The van der Waals surface area contributed by atoms with Gasteiger partial charge in [0.25, 0.3) is 0 Å². The number of carbonyl (C=O) groups excluding carboxylic acids is 1. The summed E-state index contributed by atoms with van der Waals surface area (Å²) in [4.78, 5) is 16.2. The molecule has 1 fully saturated rings. The lowest BCUT2D eigenvalue weighted by Crippen LogP contribution is -2.34. The van der Waals surface area contributed by atoms with Crippen molar-refractivity contribution in [2.75, 3.05) is 0 Å². The molecule has 0 spiro atoms. The molecule has 0 saturated heterocycles. The molecule has 1 aliphatic carbocycles. The average molecular weight is 330 g/mol. The lowest BCUT2D eigenvalue weighted by Gasteiger charge is -2.15. The number of amides is 1. The van der Waals surface area contributed by atoms with Gasteiger partial charge in [-0.3, -0.25) is 4.79 Å². The lowest BCUT2D eigenvalue weighted by atomic mass is 10.1. The first kappa shape index (κ1) is 16.7. The van der Waals surface area contributed by atoms with E-state index in [0.29, 0.717) is 36.1 Å². The first-order valence-corrected chi connectivity index (χ1v) is 8.71. The van der Waals surface area contributed by atoms with Gasteiger partial charge in [-0.2, -0.15) is 0 Å². The SMILES string of the molecule is O=C(CCc1ncc(-c2ccccc2F)o1)NC1CCCCCC1. The third kappa shape index (κ3) is 4.43. The smallest absolute Gasteiger partial charge is 0.220 e. The van der Waals surface area contributed by atoms with Gasteiger partial charge in [-0.15, -0.1) is 0 Å². The van der Waals surface area contributed by atoms with Crippen molar-refractivity contribution in [3.8, 4) is 11.3 Å². The Kier molecular flexibility index (Phi) is 5.62. The Bertz CT molecular complexity index is 676. The van der Waals surface area contributed by atoms with Gasteiger partial charge in [0, 0.05) is 18.9 Å². The highest BCUT2D eigenvalue weighted by atomic mass is 19.1. The fourth-order valence-corrected chi connectivity index (χ4v) is 3.16. The second kappa shape index (κ2) is 8.08. The molecule has 2 aromatic rings. The second-order valence-electron chi connectivity index (χ2n) is 6.35. The van der Waals surface area contributed by atoms with Crippen molar-refractivity contribution in [2.24, 2.45) is 0 Å². The van der Waals surface area contributed by atoms with Crippen molar-refractivity contribution < 1.29 is 13.6 Å². The number of halogens is 1. The van der Waals surface area contributed by atoms with E-state index in [0.717, 1.165) is 12.8 Å². The maximum absolute atomic E-state index is 13.7. The number of nitrogens with one attached hydrogen (secondary N) is 1. The normalized spacial score (nSPS) is 15.9. The number of carbonyl (C=O) groups is 1. The van der Waals surface area contributed by atoms with Crippen LogP contribution < -0.4 is 5.32 Å². The summed E-state index contributed by atoms with van der Waals surface area (Å²) in [6, 6.07) is 6.73. The molecule has 1 aromatic carbocycles. The molecular weight excluding hydrogens is 307 g/mol. The van der Waals surface area contributed by atoms with Gasteiger partial charge in [-0.05, 0) is 25.0 Å². The van der Waals surface area contributed by atoms with Crippen molar-refractivity contribution in [1.29, 1.82) is 0 Å². The predicted octanol–water partition coefficient (Wildman–Crippen LogP) is 4.25. The van der Waals surface area contributed by atoms with Crippen molar-refractivity contribution >= 4 is 5.91 Å². The van der Waals surface area contributed by atoms with Crippen molar-refractivity contribution in [3.63, 3.8) is 0 Å². The minimum Gasteiger partial charge on any atom is -0.441 e. The van der Waals surface area contributed by atoms with Crippen molar-refractivity contribution in [2.45, 2.75) is 57.4 Å². The highest BCUT2D eigenvalue weighted by molar-refractivity contribution is 5.76. The molecule has 4 nitrogen and oxygen atoms in total. The summed E-state index contributed by atoms with van der Waals surface area (Å²) < 4.78 is 19.3. The molecular formula is C19H23FN2O2. The summed E-state index contributed by atoms with van der Waals surface area (Å²) in [6.07, 6.45) is 9.33. The van der Waals surface area contributed by atoms with Crippen molar-refractivity contribution in [1.82, 2.24) is 10.3 Å². The second-order valence-corrected chi connectivity index (χ2v) is 6.35. The Hall–Kier alpha value is -2.17. The van der Waals surface area contributed by atoms with Crippen LogP contribution in [0.1, 0.15) is 50.8 Å². The maximum Gasteiger partial charge on any atom is 0.220 e. The molecule has 128 valence electrons. The van der Waals surface area contributed by atoms with Crippen LogP contribution in [0.5, 0.6) is 0 Å². The first-order valence-electron chi connectivity index (χ1n) is 8.71. The van der Waals surface area contributed by atoms with Crippen LogP contribution >= 0.6 is 0 Å². The van der Waals surface area contributed by atoms with Gasteiger partial charge in [-0.1, -0.05) is 37.8 Å². The van der Waals surface area contributed by atoms with E-state index in [-0.39, 0.29) is 11.7 Å². The largest absolute Gasteiger partial charge is 0.441 e. The molecule has 1 heterocycles. The molecule has 1 saturated carbocycles. The summed E-state index contributed by atoms with van der Waals surface area (Å²) in [5.74, 6) is 0.551. The van der Waals surface area contributed by atoms with Crippen LogP contribution in [0.25, 0.3) is 11.3 Å². The Morgan fingerprint density at radius 1 is 1.21 bits per heavy atom. The quantitative estimate of drug-likeness (QED) is 0.834. The number of rotatable bonds is 5. The third-order valence-corrected chi connectivity index (χ3v) is 4.48. The van der Waals surface area contributed by atoms with Gasteiger partial charge in [0.2, 0.25) is 5.91 Å². The number of aromatic nitrogens is 1. The van der Waals surface area contributed by atoms with Crippen LogP contribution in [-0.4, -0.2) is 16.9 Å². The van der Waals surface area contributed by atoms with Gasteiger partial charge in [0.1, 0.15) is 5.82 Å². The van der Waals surface area contributed by atoms with E-state index in [2.05, 4.69) is 10.3 Å². The fraction of sp³-hybridized carbons (Fsp3) is 0.474. The number of aryl methyl sites for hydroxylation is 1. The molecule has 0 unspecified atom stereocenters. The molecule has 5 heteroatoms. The van der Waals surface area contributed by atoms with Crippen LogP contribution in [-0.2, 0) is 11.2 Å². The topological polar surface area (TPSA) is 55.1 Å². The number of benzene rings is 1. The van der Waals surface area contributed by atoms with Gasteiger partial charge in [0.05, 0.1) is 11.8 Å². The summed E-state index contributed by atoms with van der Waals surface area (Å²) in [5.41, 5.74) is 0.388. The van der Waals surface area contributed by atoms with Gasteiger partial charge in [0.15, 0.2) is 11.7 Å². The van der Waals surface area contributed by atoms with Crippen LogP contribution in [0.2, 0.25) is 0 Å². The third-order valence-electron chi connectivity index (χ3n) is 4.48. The number of hydrogen-bond acceptors (Lipinski definition) is 3. The average Bonchev–Trinajstić information content (AvgIpc) is 2.90. The maximum atomic E-state index is 13.7. The zero-order valence-electron chi connectivity index (χ0n) is 13.8. The number of hydrogen-bond donors (Lipinski definition) is 1. The van der Waals surface area contributed by atoms with Crippen molar-refractivity contribution in [3.05, 3.63) is 42.2 Å². The molecule has 1 aliphatic rings. The van der Waals surface area contributed by atoms with E-state index >= 15 is 0 Å². The Balaban J connectivity index is 1.52. The Morgan fingerprint density at radius 2 is 1.96 bits per heavy atom. The van der Waals surface area contributed by atoms with Crippen LogP contribution in [0, 0.1) is 5.82 Å². The molecule has 24 heavy (non-hydrogen) atoms. The van der Waals surface area contributed by atoms with E-state index in [1.165, 1.54) is 37.9 Å². The first-order chi connectivity index (χ1) is 11.7. The molecule has 3 rings (SSSR count). The summed E-state index contributed by atoms with van der Waals surface area (Å²) in [7, 11) is 0. The van der Waals surface area contributed by atoms with Gasteiger partial charge >= 0.3 is 0 Å². The molecule has 0 bridgehead atoms.